The molecular formula is C11H12F3NO3. The van der Waals surface area contributed by atoms with E-state index in [1.807, 2.05) is 0 Å². The molecule has 0 unspecified atom stereocenters. The van der Waals surface area contributed by atoms with Crippen molar-refractivity contribution in [1.29, 1.82) is 0 Å². The average Bonchev–Trinajstić information content (AvgIpc) is 2.34. The molecule has 0 heterocycles. The number of alkyl halides is 3. The third-order valence-corrected chi connectivity index (χ3v) is 2.09. The highest BCUT2D eigenvalue weighted by Gasteiger charge is 2.36. The van der Waals surface area contributed by atoms with Gasteiger partial charge in [-0.3, -0.25) is 0 Å². The lowest BCUT2D eigenvalue weighted by Gasteiger charge is -2.13. The second kappa shape index (κ2) is 5.72. The molecule has 4 nitrogen and oxygen atoms in total. The van der Waals surface area contributed by atoms with Gasteiger partial charge in [-0.2, -0.15) is 13.2 Å². The molecule has 7 heteroatoms. The van der Waals surface area contributed by atoms with Crippen LogP contribution in [0.1, 0.15) is 15.9 Å². The molecule has 0 saturated carbocycles. The van der Waals surface area contributed by atoms with Crippen LogP contribution in [0.15, 0.2) is 18.2 Å². The van der Waals surface area contributed by atoms with E-state index in [9.17, 15) is 18.0 Å². The van der Waals surface area contributed by atoms with Crippen molar-refractivity contribution in [1.82, 2.24) is 0 Å². The first-order chi connectivity index (χ1) is 8.40. The average molecular weight is 263 g/mol. The number of rotatable bonds is 4. The van der Waals surface area contributed by atoms with Crippen molar-refractivity contribution < 1.29 is 27.4 Å². The Morgan fingerprint density at radius 1 is 1.39 bits per heavy atom. The topological polar surface area (TPSA) is 61.5 Å². The normalized spacial score (nSPS) is 11.2. The first-order valence-electron chi connectivity index (χ1n) is 5.02. The Hall–Kier alpha value is -1.76. The van der Waals surface area contributed by atoms with Crippen molar-refractivity contribution in [2.45, 2.75) is 6.18 Å². The SMILES string of the molecule is COC(=O)c1ccc(OCCN)cc1C(F)(F)F. The molecular weight excluding hydrogens is 251 g/mol. The van der Waals surface area contributed by atoms with E-state index in [1.54, 1.807) is 0 Å². The molecule has 0 fully saturated rings. The van der Waals surface area contributed by atoms with Gasteiger partial charge in [-0.15, -0.1) is 0 Å². The summed E-state index contributed by atoms with van der Waals surface area (Å²) in [6, 6.07) is 3.03. The fourth-order valence-electron chi connectivity index (χ4n) is 1.31. The van der Waals surface area contributed by atoms with Crippen LogP contribution in [-0.2, 0) is 10.9 Å². The Morgan fingerprint density at radius 3 is 2.56 bits per heavy atom. The van der Waals surface area contributed by atoms with Gasteiger partial charge in [-0.25, -0.2) is 4.79 Å². The Kier molecular flexibility index (Phi) is 4.55. The highest BCUT2D eigenvalue weighted by Crippen LogP contribution is 2.34. The highest BCUT2D eigenvalue weighted by molar-refractivity contribution is 5.91. The van der Waals surface area contributed by atoms with Gasteiger partial charge >= 0.3 is 12.1 Å². The fraction of sp³-hybridized carbons (Fsp3) is 0.364. The molecule has 1 aromatic rings. The van der Waals surface area contributed by atoms with Crippen molar-refractivity contribution in [2.24, 2.45) is 5.73 Å². The Morgan fingerprint density at radius 2 is 2.06 bits per heavy atom. The van der Waals surface area contributed by atoms with Gasteiger partial charge in [0.05, 0.1) is 18.2 Å². The van der Waals surface area contributed by atoms with Crippen LogP contribution in [0.5, 0.6) is 5.75 Å². The maximum Gasteiger partial charge on any atom is 0.417 e. The number of hydrogen-bond donors (Lipinski definition) is 1. The van der Waals surface area contributed by atoms with Crippen molar-refractivity contribution in [2.75, 3.05) is 20.3 Å². The van der Waals surface area contributed by atoms with Gasteiger partial charge in [-0.1, -0.05) is 0 Å². The first-order valence-corrected chi connectivity index (χ1v) is 5.02. The number of nitrogens with two attached hydrogens (primary N) is 1. The summed E-state index contributed by atoms with van der Waals surface area (Å²) in [5, 5.41) is 0. The maximum atomic E-state index is 12.8. The largest absolute Gasteiger partial charge is 0.492 e. The molecule has 1 aromatic carbocycles. The molecule has 0 atom stereocenters. The van der Waals surface area contributed by atoms with Crippen LogP contribution in [0.4, 0.5) is 13.2 Å². The fourth-order valence-corrected chi connectivity index (χ4v) is 1.31. The summed E-state index contributed by atoms with van der Waals surface area (Å²) in [4.78, 5) is 11.2. The Labute approximate surface area is 101 Å². The van der Waals surface area contributed by atoms with Gasteiger partial charge in [0, 0.05) is 6.54 Å². The van der Waals surface area contributed by atoms with Crippen LogP contribution in [0.3, 0.4) is 0 Å². The predicted molar refractivity (Wildman–Crippen MR) is 57.3 cm³/mol. The second-order valence-electron chi connectivity index (χ2n) is 3.33. The van der Waals surface area contributed by atoms with Crippen molar-refractivity contribution in [3.63, 3.8) is 0 Å². The van der Waals surface area contributed by atoms with Gasteiger partial charge in [0.1, 0.15) is 12.4 Å². The second-order valence-corrected chi connectivity index (χ2v) is 3.33. The zero-order valence-electron chi connectivity index (χ0n) is 9.58. The minimum absolute atomic E-state index is 0.000396. The zero-order chi connectivity index (χ0) is 13.8. The van der Waals surface area contributed by atoms with Crippen molar-refractivity contribution >= 4 is 5.97 Å². The van der Waals surface area contributed by atoms with Crippen LogP contribution in [0.25, 0.3) is 0 Å². The summed E-state index contributed by atoms with van der Waals surface area (Å²) in [5.41, 5.74) is 3.53. The molecule has 0 radical (unpaired) electrons. The summed E-state index contributed by atoms with van der Waals surface area (Å²) in [6.45, 7) is 0.273. The third kappa shape index (κ3) is 3.36. The van der Waals surface area contributed by atoms with Crippen LogP contribution >= 0.6 is 0 Å². The lowest BCUT2D eigenvalue weighted by Crippen LogP contribution is -2.15. The minimum atomic E-state index is -4.66. The molecule has 0 aromatic heterocycles. The first kappa shape index (κ1) is 14.3. The third-order valence-electron chi connectivity index (χ3n) is 2.09. The van der Waals surface area contributed by atoms with E-state index in [1.165, 1.54) is 6.07 Å². The molecule has 0 aliphatic carbocycles. The minimum Gasteiger partial charge on any atom is -0.492 e. The number of hydrogen-bond acceptors (Lipinski definition) is 4. The quantitative estimate of drug-likeness (QED) is 0.842. The van der Waals surface area contributed by atoms with E-state index in [0.29, 0.717) is 0 Å². The molecule has 0 saturated heterocycles. The lowest BCUT2D eigenvalue weighted by atomic mass is 10.1. The number of halogens is 3. The molecule has 1 rings (SSSR count). The number of methoxy groups -OCH3 is 1. The van der Waals surface area contributed by atoms with Gasteiger partial charge in [0.25, 0.3) is 0 Å². The number of ether oxygens (including phenoxy) is 2. The lowest BCUT2D eigenvalue weighted by molar-refractivity contribution is -0.138. The monoisotopic (exact) mass is 263 g/mol. The summed E-state index contributed by atoms with van der Waals surface area (Å²) < 4.78 is 47.6. The summed E-state index contributed by atoms with van der Waals surface area (Å²) in [6.07, 6.45) is -4.66. The molecule has 0 spiro atoms. The molecule has 0 amide bonds. The summed E-state index contributed by atoms with van der Waals surface area (Å²) in [5.74, 6) is -1.05. The van der Waals surface area contributed by atoms with Crippen LogP contribution in [0, 0.1) is 0 Å². The van der Waals surface area contributed by atoms with E-state index in [4.69, 9.17) is 10.5 Å². The van der Waals surface area contributed by atoms with Crippen LogP contribution < -0.4 is 10.5 Å². The molecule has 18 heavy (non-hydrogen) atoms. The smallest absolute Gasteiger partial charge is 0.417 e. The van der Waals surface area contributed by atoms with E-state index < -0.39 is 23.3 Å². The number of benzene rings is 1. The molecule has 0 aliphatic rings. The standard InChI is InChI=1S/C11H12F3NO3/c1-17-10(16)8-3-2-7(18-5-4-15)6-9(8)11(12,13)14/h2-3,6H,4-5,15H2,1H3. The van der Waals surface area contributed by atoms with Crippen molar-refractivity contribution in [3.8, 4) is 5.75 Å². The molecule has 0 bridgehead atoms. The van der Waals surface area contributed by atoms with Gasteiger partial charge in [0.15, 0.2) is 0 Å². The molecule has 100 valence electrons. The Bertz CT molecular complexity index is 432. The van der Waals surface area contributed by atoms with E-state index >= 15 is 0 Å². The number of carbonyl (C=O) groups excluding carboxylic acids is 1. The highest BCUT2D eigenvalue weighted by atomic mass is 19.4. The number of carbonyl (C=O) groups is 1. The van der Waals surface area contributed by atoms with E-state index in [-0.39, 0.29) is 18.9 Å². The number of esters is 1. The maximum absolute atomic E-state index is 12.8. The van der Waals surface area contributed by atoms with E-state index in [2.05, 4.69) is 4.74 Å². The van der Waals surface area contributed by atoms with Gasteiger partial charge in [0.2, 0.25) is 0 Å². The van der Waals surface area contributed by atoms with E-state index in [0.717, 1.165) is 19.2 Å². The summed E-state index contributed by atoms with van der Waals surface area (Å²) in [7, 11) is 1.02. The van der Waals surface area contributed by atoms with Crippen LogP contribution in [-0.4, -0.2) is 26.2 Å². The van der Waals surface area contributed by atoms with Crippen LogP contribution in [0.2, 0.25) is 0 Å². The summed E-state index contributed by atoms with van der Waals surface area (Å²) >= 11 is 0. The van der Waals surface area contributed by atoms with Gasteiger partial charge in [-0.05, 0) is 18.2 Å². The Balaban J connectivity index is 3.17. The molecule has 2 N–H and O–H groups in total. The zero-order valence-corrected chi connectivity index (χ0v) is 9.58. The van der Waals surface area contributed by atoms with Gasteiger partial charge < -0.3 is 15.2 Å². The predicted octanol–water partition coefficient (Wildman–Crippen LogP) is 1.83. The molecule has 0 aliphatic heterocycles. The van der Waals surface area contributed by atoms with Crippen molar-refractivity contribution in [3.05, 3.63) is 29.3 Å².